The quantitative estimate of drug-likeness (QED) is 0.487. The Morgan fingerprint density at radius 2 is 2.50 bits per heavy atom. The van der Waals surface area contributed by atoms with Gasteiger partial charge in [0.25, 0.3) is 0 Å². The summed E-state index contributed by atoms with van der Waals surface area (Å²) in [4.78, 5) is 10.7. The van der Waals surface area contributed by atoms with Gasteiger partial charge in [0.15, 0.2) is 5.12 Å². The number of hydrogen-bond donors (Lipinski definition) is 0. The third kappa shape index (κ3) is 1.00. The van der Waals surface area contributed by atoms with Crippen LogP contribution in [0.3, 0.4) is 0 Å². The van der Waals surface area contributed by atoms with Gasteiger partial charge in [-0.25, -0.2) is 0 Å². The fraction of sp³-hybridized carbons (Fsp3) is 0.800. The van der Waals surface area contributed by atoms with E-state index in [1.807, 2.05) is 6.92 Å². The van der Waals surface area contributed by atoms with Crippen LogP contribution in [0, 0.1) is 5.92 Å². The zero-order valence-corrected chi connectivity index (χ0v) is 6.13. The van der Waals surface area contributed by atoms with Crippen LogP contribution in [0.5, 0.6) is 0 Å². The molecule has 0 bridgehead atoms. The second kappa shape index (κ2) is 2.28. The van der Waals surface area contributed by atoms with Crippen molar-refractivity contribution in [3.8, 4) is 0 Å². The van der Waals surface area contributed by atoms with Crippen molar-refractivity contribution in [1.82, 2.24) is 0 Å². The van der Waals surface area contributed by atoms with Crippen LogP contribution in [0.4, 0.5) is 0 Å². The monoisotopic (exact) mass is 150 g/mol. The van der Waals surface area contributed by atoms with E-state index in [4.69, 9.17) is 11.6 Å². The molecule has 1 nitrogen and oxygen atoms in total. The molecule has 2 unspecified atom stereocenters. The molecule has 0 saturated carbocycles. The maximum absolute atomic E-state index is 10.7. The second-order valence-corrected chi connectivity index (χ2v) is 3.52. The highest BCUT2D eigenvalue weighted by atomic mass is 35.5. The number of rotatable bonds is 0. The number of hydrogen-bond acceptors (Lipinski definition) is 2. The Bertz CT molecular complexity index is 115. The average molecular weight is 151 g/mol. The zero-order valence-electron chi connectivity index (χ0n) is 4.56. The summed E-state index contributed by atoms with van der Waals surface area (Å²) in [7, 11) is 0. The fourth-order valence-electron chi connectivity index (χ4n) is 0.585. The molecular formula is C5H7ClOS. The second-order valence-electron chi connectivity index (χ2n) is 1.93. The Morgan fingerprint density at radius 3 is 2.62 bits per heavy atom. The number of halogens is 1. The third-order valence-corrected chi connectivity index (χ3v) is 3.20. The number of alkyl halides is 1. The van der Waals surface area contributed by atoms with E-state index in [9.17, 15) is 4.79 Å². The Hall–Kier alpha value is 0.310. The summed E-state index contributed by atoms with van der Waals surface area (Å²) < 4.78 is 0. The van der Waals surface area contributed by atoms with Crippen molar-refractivity contribution in [2.75, 3.05) is 5.75 Å². The summed E-state index contributed by atoms with van der Waals surface area (Å²) in [6.07, 6.45) is 0. The molecule has 1 aliphatic heterocycles. The number of thioether (sulfide) groups is 1. The van der Waals surface area contributed by atoms with E-state index in [1.54, 1.807) is 0 Å². The van der Waals surface area contributed by atoms with Crippen molar-refractivity contribution in [2.45, 2.75) is 12.3 Å². The summed E-state index contributed by atoms with van der Waals surface area (Å²) in [6.45, 7) is 1.88. The van der Waals surface area contributed by atoms with Crippen LogP contribution in [-0.2, 0) is 4.79 Å². The zero-order chi connectivity index (χ0) is 6.15. The molecule has 0 aromatic heterocycles. The van der Waals surface area contributed by atoms with Gasteiger partial charge in [0.05, 0.1) is 5.38 Å². The van der Waals surface area contributed by atoms with Crippen LogP contribution in [0.25, 0.3) is 0 Å². The lowest BCUT2D eigenvalue weighted by molar-refractivity contribution is -0.113. The van der Waals surface area contributed by atoms with Crippen molar-refractivity contribution in [2.24, 2.45) is 5.92 Å². The first-order chi connectivity index (χ1) is 3.72. The topological polar surface area (TPSA) is 17.1 Å². The largest absolute Gasteiger partial charge is 0.287 e. The minimum Gasteiger partial charge on any atom is -0.287 e. The minimum absolute atomic E-state index is 0.0710. The van der Waals surface area contributed by atoms with Crippen LogP contribution in [0.2, 0.25) is 0 Å². The molecule has 0 amide bonds. The van der Waals surface area contributed by atoms with Gasteiger partial charge in [0.1, 0.15) is 0 Å². The summed E-state index contributed by atoms with van der Waals surface area (Å²) in [5, 5.41) is 0.317. The lowest BCUT2D eigenvalue weighted by atomic mass is 10.1. The highest BCUT2D eigenvalue weighted by molar-refractivity contribution is 8.14. The van der Waals surface area contributed by atoms with Crippen molar-refractivity contribution >= 4 is 28.5 Å². The predicted molar refractivity (Wildman–Crippen MR) is 36.3 cm³/mol. The fourth-order valence-corrected chi connectivity index (χ4v) is 2.00. The molecule has 0 radical (unpaired) electrons. The van der Waals surface area contributed by atoms with Gasteiger partial charge in [0.2, 0.25) is 0 Å². The highest BCUT2D eigenvalue weighted by Crippen LogP contribution is 2.29. The Balaban J connectivity index is 2.56. The third-order valence-electron chi connectivity index (χ3n) is 1.30. The van der Waals surface area contributed by atoms with Crippen LogP contribution in [-0.4, -0.2) is 16.2 Å². The van der Waals surface area contributed by atoms with E-state index in [-0.39, 0.29) is 16.4 Å². The maximum atomic E-state index is 10.7. The molecular weight excluding hydrogens is 144 g/mol. The Labute approximate surface area is 57.8 Å². The molecule has 2 atom stereocenters. The first-order valence-electron chi connectivity index (χ1n) is 2.52. The molecule has 0 aromatic carbocycles. The molecule has 8 heavy (non-hydrogen) atoms. The van der Waals surface area contributed by atoms with Gasteiger partial charge in [-0.15, -0.1) is 11.6 Å². The molecule has 3 heteroatoms. The summed E-state index contributed by atoms with van der Waals surface area (Å²) in [5.41, 5.74) is 0. The molecule has 1 fully saturated rings. The van der Waals surface area contributed by atoms with Crippen LogP contribution >= 0.6 is 23.4 Å². The van der Waals surface area contributed by atoms with Crippen molar-refractivity contribution < 1.29 is 4.79 Å². The molecule has 46 valence electrons. The highest BCUT2D eigenvalue weighted by Gasteiger charge is 2.29. The molecule has 0 aromatic rings. The smallest absolute Gasteiger partial charge is 0.193 e. The lowest BCUT2D eigenvalue weighted by Gasteiger charge is -1.99. The van der Waals surface area contributed by atoms with Gasteiger partial charge in [-0.1, -0.05) is 18.7 Å². The minimum atomic E-state index is 0.0710. The first-order valence-corrected chi connectivity index (χ1v) is 3.94. The van der Waals surface area contributed by atoms with E-state index in [1.165, 1.54) is 11.8 Å². The summed E-state index contributed by atoms with van der Waals surface area (Å²) in [5.74, 6) is 0.864. The van der Waals surface area contributed by atoms with E-state index in [0.29, 0.717) is 0 Å². The normalized spacial score (nSPS) is 38.5. The maximum Gasteiger partial charge on any atom is 0.193 e. The van der Waals surface area contributed by atoms with Crippen molar-refractivity contribution in [3.63, 3.8) is 0 Å². The Morgan fingerprint density at radius 1 is 1.88 bits per heavy atom. The molecule has 0 N–H and O–H groups in total. The van der Waals surface area contributed by atoms with Gasteiger partial charge < -0.3 is 0 Å². The molecule has 0 aliphatic carbocycles. The molecule has 1 aliphatic rings. The Kier molecular flexibility index (Phi) is 1.83. The van der Waals surface area contributed by atoms with Crippen molar-refractivity contribution in [3.05, 3.63) is 0 Å². The SMILES string of the molecule is CC1C(=O)SCC1Cl. The van der Waals surface area contributed by atoms with E-state index in [0.717, 1.165) is 5.75 Å². The van der Waals surface area contributed by atoms with Gasteiger partial charge in [-0.2, -0.15) is 0 Å². The first kappa shape index (κ1) is 6.43. The molecule has 1 saturated heterocycles. The molecule has 1 rings (SSSR count). The van der Waals surface area contributed by atoms with Crippen LogP contribution in [0.15, 0.2) is 0 Å². The summed E-state index contributed by atoms with van der Waals surface area (Å²) in [6, 6.07) is 0. The lowest BCUT2D eigenvalue weighted by Crippen LogP contribution is -2.09. The van der Waals surface area contributed by atoms with Crippen LogP contribution in [0.1, 0.15) is 6.92 Å². The number of carbonyl (C=O) groups excluding carboxylic acids is 1. The molecule has 1 heterocycles. The predicted octanol–water partition coefficient (Wildman–Crippen LogP) is 1.50. The van der Waals surface area contributed by atoms with Crippen LogP contribution < -0.4 is 0 Å². The average Bonchev–Trinajstić information content (AvgIpc) is 1.98. The standard InChI is InChI=1S/C5H7ClOS/c1-3-4(6)2-8-5(3)7/h3-4H,2H2,1H3. The molecule has 0 spiro atoms. The van der Waals surface area contributed by atoms with E-state index < -0.39 is 0 Å². The van der Waals surface area contributed by atoms with Gasteiger partial charge in [-0.3, -0.25) is 4.79 Å². The van der Waals surface area contributed by atoms with Crippen molar-refractivity contribution in [1.29, 1.82) is 0 Å². The van der Waals surface area contributed by atoms with Gasteiger partial charge >= 0.3 is 0 Å². The summed E-state index contributed by atoms with van der Waals surface area (Å²) >= 11 is 7.06. The number of carbonyl (C=O) groups is 1. The van der Waals surface area contributed by atoms with Gasteiger partial charge in [-0.05, 0) is 0 Å². The van der Waals surface area contributed by atoms with E-state index in [2.05, 4.69) is 0 Å². The van der Waals surface area contributed by atoms with E-state index >= 15 is 0 Å². The van der Waals surface area contributed by atoms with Gasteiger partial charge in [0, 0.05) is 11.7 Å².